The molecule has 2 N–H and O–H groups in total. The Labute approximate surface area is 141 Å². The maximum atomic E-state index is 11.7. The number of ether oxygens (including phenoxy) is 1. The summed E-state index contributed by atoms with van der Waals surface area (Å²) in [5.74, 6) is 0.468. The van der Waals surface area contributed by atoms with E-state index in [1.54, 1.807) is 12.4 Å². The van der Waals surface area contributed by atoms with E-state index in [1.165, 1.54) is 0 Å². The molecule has 8 nitrogen and oxygen atoms in total. The lowest BCUT2D eigenvalue weighted by Crippen LogP contribution is -2.48. The second-order valence-electron chi connectivity index (χ2n) is 6.37. The van der Waals surface area contributed by atoms with Crippen molar-refractivity contribution >= 4 is 6.03 Å². The Morgan fingerprint density at radius 3 is 2.75 bits per heavy atom. The zero-order valence-electron chi connectivity index (χ0n) is 14.0. The maximum absolute atomic E-state index is 11.7. The quantitative estimate of drug-likeness (QED) is 0.761. The predicted octanol–water partition coefficient (Wildman–Crippen LogP) is 0.0143. The van der Waals surface area contributed by atoms with Crippen molar-refractivity contribution in [2.45, 2.75) is 31.9 Å². The molecule has 8 heteroatoms. The molecule has 1 aromatic rings. The van der Waals surface area contributed by atoms with Gasteiger partial charge in [-0.2, -0.15) is 0 Å². The van der Waals surface area contributed by atoms with Crippen LogP contribution in [0.2, 0.25) is 0 Å². The van der Waals surface area contributed by atoms with Crippen molar-refractivity contribution in [1.82, 2.24) is 25.1 Å². The topological polar surface area (TPSA) is 90.8 Å². The van der Waals surface area contributed by atoms with E-state index >= 15 is 0 Å². The molecule has 2 aliphatic heterocycles. The van der Waals surface area contributed by atoms with Crippen LogP contribution < -0.4 is 10.1 Å². The highest BCUT2D eigenvalue weighted by Gasteiger charge is 2.31. The van der Waals surface area contributed by atoms with Gasteiger partial charge in [0.2, 0.25) is 5.88 Å². The summed E-state index contributed by atoms with van der Waals surface area (Å²) in [5.41, 5.74) is 0.717. The number of aryl methyl sites for hydroxylation is 1. The number of piperidine rings is 1. The minimum absolute atomic E-state index is 0.0567. The molecule has 0 spiro atoms. The molecule has 1 atom stereocenters. The SMILES string of the molecule is Cc1nccnc1OCC(O)CN1CCC(N2CCNC2=O)CC1. The molecule has 3 rings (SSSR count). The number of carbonyl (C=O) groups excluding carboxylic acids is 1. The maximum Gasteiger partial charge on any atom is 0.317 e. The van der Waals surface area contributed by atoms with Gasteiger partial charge in [0.05, 0.1) is 5.69 Å². The molecule has 0 aromatic carbocycles. The average Bonchev–Trinajstić information content (AvgIpc) is 3.01. The highest BCUT2D eigenvalue weighted by atomic mass is 16.5. The summed E-state index contributed by atoms with van der Waals surface area (Å²) in [6, 6.07) is 0.376. The van der Waals surface area contributed by atoms with Crippen molar-refractivity contribution in [3.8, 4) is 5.88 Å². The molecule has 0 aliphatic carbocycles. The number of nitrogens with one attached hydrogen (secondary N) is 1. The number of likely N-dealkylation sites (tertiary alicyclic amines) is 1. The van der Waals surface area contributed by atoms with E-state index in [2.05, 4.69) is 20.2 Å². The molecule has 1 aromatic heterocycles. The van der Waals surface area contributed by atoms with Gasteiger partial charge in [0, 0.05) is 51.2 Å². The number of aromatic nitrogens is 2. The van der Waals surface area contributed by atoms with E-state index in [0.717, 1.165) is 44.7 Å². The lowest BCUT2D eigenvalue weighted by molar-refractivity contribution is 0.0493. The van der Waals surface area contributed by atoms with Crippen LogP contribution in [0.1, 0.15) is 18.5 Å². The van der Waals surface area contributed by atoms with Gasteiger partial charge in [0.15, 0.2) is 0 Å². The minimum Gasteiger partial charge on any atom is -0.474 e. The Balaban J connectivity index is 1.39. The van der Waals surface area contributed by atoms with Crippen molar-refractivity contribution in [3.63, 3.8) is 0 Å². The molecule has 3 heterocycles. The summed E-state index contributed by atoms with van der Waals surface area (Å²) in [5, 5.41) is 13.0. The van der Waals surface area contributed by atoms with Crippen molar-refractivity contribution < 1.29 is 14.6 Å². The highest BCUT2D eigenvalue weighted by molar-refractivity contribution is 5.76. The van der Waals surface area contributed by atoms with Gasteiger partial charge in [-0.3, -0.25) is 4.98 Å². The molecule has 0 saturated carbocycles. The zero-order chi connectivity index (χ0) is 16.9. The number of amides is 2. The van der Waals surface area contributed by atoms with E-state index in [-0.39, 0.29) is 12.6 Å². The molecular weight excluding hydrogens is 310 g/mol. The number of β-amino-alcohol motifs (C(OH)–C–C–N with tert-alkyl or cyclic N) is 1. The Bertz CT molecular complexity index is 562. The summed E-state index contributed by atoms with van der Waals surface area (Å²) in [4.78, 5) is 24.1. The molecule has 132 valence electrons. The van der Waals surface area contributed by atoms with Crippen molar-refractivity contribution in [1.29, 1.82) is 0 Å². The van der Waals surface area contributed by atoms with Gasteiger partial charge in [-0.25, -0.2) is 9.78 Å². The molecule has 2 saturated heterocycles. The number of aliphatic hydroxyl groups is 1. The van der Waals surface area contributed by atoms with Crippen molar-refractivity contribution in [2.24, 2.45) is 0 Å². The first-order valence-corrected chi connectivity index (χ1v) is 8.49. The standard InChI is InChI=1S/C16H25N5O3/c1-12-15(18-5-4-17-12)24-11-14(22)10-20-7-2-13(3-8-20)21-9-6-19-16(21)23/h4-5,13-14,22H,2-3,6-11H2,1H3,(H,19,23). The van der Waals surface area contributed by atoms with Crippen LogP contribution in [0, 0.1) is 6.92 Å². The minimum atomic E-state index is -0.571. The van der Waals surface area contributed by atoms with Crippen LogP contribution in [0.15, 0.2) is 12.4 Å². The average molecular weight is 335 g/mol. The summed E-state index contributed by atoms with van der Waals surface area (Å²) in [7, 11) is 0. The molecule has 0 bridgehead atoms. The van der Waals surface area contributed by atoms with Gasteiger partial charge >= 0.3 is 6.03 Å². The number of hydrogen-bond acceptors (Lipinski definition) is 6. The Hall–Kier alpha value is -1.93. The first-order chi connectivity index (χ1) is 11.6. The highest BCUT2D eigenvalue weighted by Crippen LogP contribution is 2.18. The Morgan fingerprint density at radius 2 is 2.08 bits per heavy atom. The van der Waals surface area contributed by atoms with Gasteiger partial charge < -0.3 is 25.0 Å². The monoisotopic (exact) mass is 335 g/mol. The Morgan fingerprint density at radius 1 is 1.33 bits per heavy atom. The third kappa shape index (κ3) is 4.12. The number of hydrogen-bond donors (Lipinski definition) is 2. The van der Waals surface area contributed by atoms with E-state index in [0.29, 0.717) is 18.5 Å². The fourth-order valence-electron chi connectivity index (χ4n) is 3.31. The first kappa shape index (κ1) is 16.9. The fraction of sp³-hybridized carbons (Fsp3) is 0.688. The summed E-state index contributed by atoms with van der Waals surface area (Å²) in [6.07, 6.45) is 4.52. The molecular formula is C16H25N5O3. The van der Waals surface area contributed by atoms with E-state index < -0.39 is 6.10 Å². The van der Waals surface area contributed by atoms with Gasteiger partial charge in [0.1, 0.15) is 12.7 Å². The number of rotatable bonds is 6. The number of carbonyl (C=O) groups is 1. The largest absolute Gasteiger partial charge is 0.474 e. The van der Waals surface area contributed by atoms with E-state index in [1.807, 2.05) is 11.8 Å². The smallest absolute Gasteiger partial charge is 0.317 e. The third-order valence-corrected chi connectivity index (χ3v) is 4.61. The lowest BCUT2D eigenvalue weighted by Gasteiger charge is -2.36. The number of nitrogens with zero attached hydrogens (tertiary/aromatic N) is 4. The van der Waals surface area contributed by atoms with Gasteiger partial charge in [-0.05, 0) is 19.8 Å². The van der Waals surface area contributed by atoms with Gasteiger partial charge in [0.25, 0.3) is 0 Å². The van der Waals surface area contributed by atoms with Crippen LogP contribution >= 0.6 is 0 Å². The molecule has 1 unspecified atom stereocenters. The van der Waals surface area contributed by atoms with Crippen LogP contribution in [0.5, 0.6) is 5.88 Å². The second-order valence-corrected chi connectivity index (χ2v) is 6.37. The van der Waals surface area contributed by atoms with Gasteiger partial charge in [-0.15, -0.1) is 0 Å². The lowest BCUT2D eigenvalue weighted by atomic mass is 10.0. The van der Waals surface area contributed by atoms with Crippen LogP contribution in [0.4, 0.5) is 4.79 Å². The molecule has 24 heavy (non-hydrogen) atoms. The summed E-state index contributed by atoms with van der Waals surface area (Å²) in [6.45, 7) is 5.92. The summed E-state index contributed by atoms with van der Waals surface area (Å²) < 4.78 is 5.55. The van der Waals surface area contributed by atoms with Crippen LogP contribution in [-0.4, -0.2) is 82.4 Å². The van der Waals surface area contributed by atoms with Crippen molar-refractivity contribution in [3.05, 3.63) is 18.1 Å². The molecule has 2 amide bonds. The van der Waals surface area contributed by atoms with Crippen LogP contribution in [0.3, 0.4) is 0 Å². The van der Waals surface area contributed by atoms with Crippen LogP contribution in [-0.2, 0) is 0 Å². The summed E-state index contributed by atoms with van der Waals surface area (Å²) >= 11 is 0. The first-order valence-electron chi connectivity index (χ1n) is 8.49. The predicted molar refractivity (Wildman–Crippen MR) is 87.8 cm³/mol. The number of urea groups is 1. The zero-order valence-corrected chi connectivity index (χ0v) is 14.0. The molecule has 2 aliphatic rings. The van der Waals surface area contributed by atoms with Gasteiger partial charge in [-0.1, -0.05) is 0 Å². The van der Waals surface area contributed by atoms with E-state index in [4.69, 9.17) is 4.74 Å². The fourth-order valence-corrected chi connectivity index (χ4v) is 3.31. The normalized spacial score (nSPS) is 20.9. The third-order valence-electron chi connectivity index (χ3n) is 4.61. The molecule has 0 radical (unpaired) electrons. The molecule has 2 fully saturated rings. The Kier molecular flexibility index (Phi) is 5.47. The van der Waals surface area contributed by atoms with Crippen molar-refractivity contribution in [2.75, 3.05) is 39.3 Å². The van der Waals surface area contributed by atoms with Crippen LogP contribution in [0.25, 0.3) is 0 Å². The second kappa shape index (κ2) is 7.76. The number of aliphatic hydroxyl groups excluding tert-OH is 1. The van der Waals surface area contributed by atoms with E-state index in [9.17, 15) is 9.90 Å².